The minimum atomic E-state index is -0.809. The number of benzene rings is 2. The molecule has 0 aliphatic heterocycles. The average molecular weight is 363 g/mol. The Kier molecular flexibility index (Phi) is 5.51. The molecule has 0 saturated carbocycles. The maximum Gasteiger partial charge on any atom is 0.265 e. The highest BCUT2D eigenvalue weighted by Gasteiger charge is 2.17. The van der Waals surface area contributed by atoms with Crippen LogP contribution in [0.15, 0.2) is 36.4 Å². The van der Waals surface area contributed by atoms with Crippen LogP contribution in [0, 0.1) is 5.82 Å². The highest BCUT2D eigenvalue weighted by atomic mass is 35.5. The van der Waals surface area contributed by atoms with Crippen LogP contribution in [-0.4, -0.2) is 12.0 Å². The molecule has 116 valence electrons. The highest BCUT2D eigenvalue weighted by Crippen LogP contribution is 2.32. The second-order valence-electron chi connectivity index (χ2n) is 4.45. The molecule has 0 aliphatic carbocycles. The van der Waals surface area contributed by atoms with Crippen LogP contribution in [-0.2, 0) is 4.79 Å². The van der Waals surface area contributed by atoms with E-state index in [0.29, 0.717) is 16.5 Å². The molecule has 1 N–H and O–H groups in total. The molecule has 0 aliphatic rings. The third-order valence-electron chi connectivity index (χ3n) is 2.76. The van der Waals surface area contributed by atoms with E-state index in [1.54, 1.807) is 6.92 Å². The van der Waals surface area contributed by atoms with Crippen molar-refractivity contribution in [1.82, 2.24) is 0 Å². The van der Waals surface area contributed by atoms with Crippen molar-refractivity contribution in [3.63, 3.8) is 0 Å². The molecule has 0 bridgehead atoms. The summed E-state index contributed by atoms with van der Waals surface area (Å²) in [5.41, 5.74) is 0.329. The molecule has 0 fully saturated rings. The second kappa shape index (κ2) is 7.18. The summed E-state index contributed by atoms with van der Waals surface area (Å²) in [5.74, 6) is -0.430. The van der Waals surface area contributed by atoms with Crippen molar-refractivity contribution >= 4 is 46.4 Å². The van der Waals surface area contributed by atoms with Crippen LogP contribution in [0.4, 0.5) is 10.1 Å². The summed E-state index contributed by atoms with van der Waals surface area (Å²) in [6.07, 6.45) is -0.809. The van der Waals surface area contributed by atoms with E-state index in [1.165, 1.54) is 36.4 Å². The third kappa shape index (κ3) is 4.26. The molecule has 0 spiro atoms. The van der Waals surface area contributed by atoms with Crippen LogP contribution in [0.25, 0.3) is 0 Å². The Balaban J connectivity index is 2.05. The largest absolute Gasteiger partial charge is 0.481 e. The van der Waals surface area contributed by atoms with E-state index >= 15 is 0 Å². The fraction of sp³-hybridized carbons (Fsp3) is 0.133. The lowest BCUT2D eigenvalue weighted by atomic mass is 10.3. The average Bonchev–Trinajstić information content (AvgIpc) is 2.47. The van der Waals surface area contributed by atoms with Crippen molar-refractivity contribution < 1.29 is 13.9 Å². The van der Waals surface area contributed by atoms with Gasteiger partial charge < -0.3 is 10.1 Å². The Hall–Kier alpha value is -1.49. The molecule has 0 aromatic heterocycles. The summed E-state index contributed by atoms with van der Waals surface area (Å²) in [5, 5.41) is 3.42. The zero-order chi connectivity index (χ0) is 16.3. The van der Waals surface area contributed by atoms with Gasteiger partial charge in [-0.05, 0) is 43.3 Å². The van der Waals surface area contributed by atoms with Gasteiger partial charge in [0.15, 0.2) is 6.10 Å². The molecule has 22 heavy (non-hydrogen) atoms. The van der Waals surface area contributed by atoms with Crippen LogP contribution in [0.1, 0.15) is 6.92 Å². The first kappa shape index (κ1) is 16.9. The van der Waals surface area contributed by atoms with Gasteiger partial charge in [-0.25, -0.2) is 4.39 Å². The SMILES string of the molecule is C[C@H](Oc1ccc(F)cc1)C(=O)Nc1cc(Cl)c(Cl)cc1Cl. The number of carbonyl (C=O) groups excluding carboxylic acids is 1. The topological polar surface area (TPSA) is 38.3 Å². The fourth-order valence-electron chi connectivity index (χ4n) is 1.62. The molecule has 2 rings (SSSR count). The number of anilines is 1. The van der Waals surface area contributed by atoms with Crippen LogP contribution < -0.4 is 10.1 Å². The Labute approximate surface area is 141 Å². The number of hydrogen-bond acceptors (Lipinski definition) is 2. The Morgan fingerprint density at radius 3 is 2.32 bits per heavy atom. The standard InChI is InChI=1S/C15H11Cl3FNO2/c1-8(22-10-4-2-9(19)3-5-10)15(21)20-14-7-12(17)11(16)6-13(14)18/h2-8H,1H3,(H,20,21)/t8-/m0/s1. The lowest BCUT2D eigenvalue weighted by molar-refractivity contribution is -0.122. The Morgan fingerprint density at radius 1 is 1.09 bits per heavy atom. The summed E-state index contributed by atoms with van der Waals surface area (Å²) in [4.78, 5) is 12.1. The Bertz CT molecular complexity index is 692. The minimum absolute atomic E-state index is 0.261. The quantitative estimate of drug-likeness (QED) is 0.760. The number of hydrogen-bond donors (Lipinski definition) is 1. The summed E-state index contributed by atoms with van der Waals surface area (Å²) in [6.45, 7) is 1.56. The smallest absolute Gasteiger partial charge is 0.265 e. The number of nitrogens with one attached hydrogen (secondary N) is 1. The third-order valence-corrected chi connectivity index (χ3v) is 3.80. The van der Waals surface area contributed by atoms with Gasteiger partial charge in [0.2, 0.25) is 0 Å². The number of carbonyl (C=O) groups is 1. The molecule has 0 saturated heterocycles. The van der Waals surface area contributed by atoms with Gasteiger partial charge in [-0.3, -0.25) is 4.79 Å². The zero-order valence-corrected chi connectivity index (χ0v) is 13.6. The van der Waals surface area contributed by atoms with Gasteiger partial charge in [0.1, 0.15) is 11.6 Å². The van der Waals surface area contributed by atoms with Gasteiger partial charge in [0.05, 0.1) is 20.8 Å². The molecule has 7 heteroatoms. The lowest BCUT2D eigenvalue weighted by Crippen LogP contribution is -2.30. The van der Waals surface area contributed by atoms with Gasteiger partial charge in [-0.1, -0.05) is 34.8 Å². The van der Waals surface area contributed by atoms with E-state index in [-0.39, 0.29) is 15.9 Å². The van der Waals surface area contributed by atoms with E-state index in [1.807, 2.05) is 0 Å². The predicted molar refractivity (Wildman–Crippen MR) is 86.6 cm³/mol. The van der Waals surface area contributed by atoms with Crippen molar-refractivity contribution in [3.05, 3.63) is 57.3 Å². The normalized spacial score (nSPS) is 11.9. The first-order valence-electron chi connectivity index (χ1n) is 6.24. The maximum absolute atomic E-state index is 12.8. The van der Waals surface area contributed by atoms with Gasteiger partial charge in [-0.2, -0.15) is 0 Å². The van der Waals surface area contributed by atoms with E-state index in [9.17, 15) is 9.18 Å². The number of amides is 1. The molecule has 2 aromatic carbocycles. The molecule has 0 radical (unpaired) electrons. The van der Waals surface area contributed by atoms with E-state index in [2.05, 4.69) is 5.32 Å². The Morgan fingerprint density at radius 2 is 1.68 bits per heavy atom. The predicted octanol–water partition coefficient (Wildman–Crippen LogP) is 5.19. The molecule has 3 nitrogen and oxygen atoms in total. The van der Waals surface area contributed by atoms with Crippen LogP contribution in [0.5, 0.6) is 5.75 Å². The van der Waals surface area contributed by atoms with Crippen molar-refractivity contribution in [2.75, 3.05) is 5.32 Å². The van der Waals surface area contributed by atoms with Crippen LogP contribution >= 0.6 is 34.8 Å². The van der Waals surface area contributed by atoms with Gasteiger partial charge >= 0.3 is 0 Å². The number of ether oxygens (including phenoxy) is 1. The van der Waals surface area contributed by atoms with E-state index in [0.717, 1.165) is 0 Å². The van der Waals surface area contributed by atoms with Gasteiger partial charge in [0, 0.05) is 0 Å². The molecule has 0 unspecified atom stereocenters. The lowest BCUT2D eigenvalue weighted by Gasteiger charge is -2.15. The monoisotopic (exact) mass is 361 g/mol. The van der Waals surface area contributed by atoms with Crippen molar-refractivity contribution in [2.24, 2.45) is 0 Å². The van der Waals surface area contributed by atoms with E-state index < -0.39 is 12.0 Å². The first-order chi connectivity index (χ1) is 10.4. The van der Waals surface area contributed by atoms with Crippen molar-refractivity contribution in [3.8, 4) is 5.75 Å². The summed E-state index contributed by atoms with van der Waals surface area (Å²) in [7, 11) is 0. The van der Waals surface area contributed by atoms with E-state index in [4.69, 9.17) is 39.5 Å². The second-order valence-corrected chi connectivity index (χ2v) is 5.67. The zero-order valence-electron chi connectivity index (χ0n) is 11.4. The number of rotatable bonds is 4. The van der Waals surface area contributed by atoms with Crippen molar-refractivity contribution in [1.29, 1.82) is 0 Å². The van der Waals surface area contributed by atoms with Crippen molar-refractivity contribution in [2.45, 2.75) is 13.0 Å². The summed E-state index contributed by atoms with van der Waals surface area (Å²) < 4.78 is 18.2. The first-order valence-corrected chi connectivity index (χ1v) is 7.38. The summed E-state index contributed by atoms with van der Waals surface area (Å²) in [6, 6.07) is 8.25. The molecular weight excluding hydrogens is 352 g/mol. The van der Waals surface area contributed by atoms with Gasteiger partial charge in [0.25, 0.3) is 5.91 Å². The summed E-state index contributed by atoms with van der Waals surface area (Å²) >= 11 is 17.7. The number of halogens is 4. The fourth-order valence-corrected chi connectivity index (χ4v) is 2.22. The highest BCUT2D eigenvalue weighted by molar-refractivity contribution is 6.44. The van der Waals surface area contributed by atoms with Crippen LogP contribution in [0.2, 0.25) is 15.1 Å². The minimum Gasteiger partial charge on any atom is -0.481 e. The molecular formula is C15H11Cl3FNO2. The molecule has 2 aromatic rings. The molecule has 1 atom stereocenters. The molecule has 1 amide bonds. The maximum atomic E-state index is 12.8. The van der Waals surface area contributed by atoms with Crippen LogP contribution in [0.3, 0.4) is 0 Å². The molecule has 0 heterocycles. The van der Waals surface area contributed by atoms with Gasteiger partial charge in [-0.15, -0.1) is 0 Å².